The minimum atomic E-state index is -0.741. The largest absolute Gasteiger partial charge is 0.496 e. The van der Waals surface area contributed by atoms with Gasteiger partial charge in [-0.2, -0.15) is 0 Å². The Morgan fingerprint density at radius 3 is 2.33 bits per heavy atom. The van der Waals surface area contributed by atoms with Crippen molar-refractivity contribution in [1.29, 1.82) is 0 Å². The molecule has 2 fully saturated rings. The van der Waals surface area contributed by atoms with E-state index in [2.05, 4.69) is 5.32 Å². The van der Waals surface area contributed by atoms with E-state index in [9.17, 15) is 9.59 Å². The van der Waals surface area contributed by atoms with Crippen LogP contribution >= 0.6 is 0 Å². The third kappa shape index (κ3) is 5.49. The zero-order chi connectivity index (χ0) is 23.1. The third-order valence-electron chi connectivity index (χ3n) is 7.04. The Labute approximate surface area is 196 Å². The first kappa shape index (κ1) is 23.1. The van der Waals surface area contributed by atoms with Gasteiger partial charge in [-0.05, 0) is 24.5 Å². The van der Waals surface area contributed by atoms with Crippen LogP contribution in [0.1, 0.15) is 56.1 Å². The molecule has 2 amide bonds. The number of alkyl carbamates (subject to hydrolysis) is 1. The molecule has 1 saturated heterocycles. The number of para-hydroxylation sites is 1. The summed E-state index contributed by atoms with van der Waals surface area (Å²) >= 11 is 0. The SMILES string of the molecule is COc1ccccc1CNC(=O)OC1(c2ccccc2)CCN(C(=O)C2CCCCC2)CC1. The molecule has 0 bridgehead atoms. The maximum Gasteiger partial charge on any atom is 0.408 e. The molecular weight excluding hydrogens is 416 g/mol. The summed E-state index contributed by atoms with van der Waals surface area (Å²) in [5.74, 6) is 1.16. The van der Waals surface area contributed by atoms with E-state index in [0.717, 1.165) is 42.6 Å². The molecule has 1 aliphatic carbocycles. The Kier molecular flexibility index (Phi) is 7.53. The van der Waals surface area contributed by atoms with Gasteiger partial charge in [0.05, 0.1) is 7.11 Å². The highest BCUT2D eigenvalue weighted by Crippen LogP contribution is 2.38. The molecule has 2 aromatic carbocycles. The summed E-state index contributed by atoms with van der Waals surface area (Å²) in [6.45, 7) is 1.52. The number of hydrogen-bond donors (Lipinski definition) is 1. The maximum atomic E-state index is 13.0. The molecule has 6 heteroatoms. The molecular formula is C27H34N2O4. The molecule has 1 saturated carbocycles. The summed E-state index contributed by atoms with van der Waals surface area (Å²) in [7, 11) is 1.62. The summed E-state index contributed by atoms with van der Waals surface area (Å²) in [5.41, 5.74) is 1.12. The number of benzene rings is 2. The second kappa shape index (κ2) is 10.7. The standard InChI is InChI=1S/C27H34N2O4/c1-32-24-15-9-8-12-22(24)20-28-26(31)33-27(23-13-6-3-7-14-23)16-18-29(19-17-27)25(30)21-10-4-2-5-11-21/h3,6-9,12-15,21H,2,4-5,10-11,16-20H2,1H3,(H,28,31). The molecule has 1 N–H and O–H groups in total. The van der Waals surface area contributed by atoms with Crippen molar-refractivity contribution in [2.24, 2.45) is 5.92 Å². The van der Waals surface area contributed by atoms with Gasteiger partial charge in [-0.15, -0.1) is 0 Å². The van der Waals surface area contributed by atoms with E-state index in [1.807, 2.05) is 59.5 Å². The fourth-order valence-electron chi connectivity index (χ4n) is 5.12. The lowest BCUT2D eigenvalue weighted by molar-refractivity contribution is -0.141. The number of rotatable bonds is 6. The molecule has 2 aliphatic rings. The molecule has 0 atom stereocenters. The Morgan fingerprint density at radius 1 is 0.970 bits per heavy atom. The van der Waals surface area contributed by atoms with Crippen molar-refractivity contribution in [1.82, 2.24) is 10.2 Å². The first-order chi connectivity index (χ1) is 16.1. The zero-order valence-corrected chi connectivity index (χ0v) is 19.4. The Hall–Kier alpha value is -3.02. The van der Waals surface area contributed by atoms with Crippen molar-refractivity contribution in [2.45, 2.75) is 57.1 Å². The average Bonchev–Trinajstić information content (AvgIpc) is 2.88. The number of hydrogen-bond acceptors (Lipinski definition) is 4. The lowest BCUT2D eigenvalue weighted by Gasteiger charge is -2.42. The van der Waals surface area contributed by atoms with Crippen LogP contribution in [0, 0.1) is 5.92 Å². The maximum absolute atomic E-state index is 13.0. The minimum absolute atomic E-state index is 0.160. The Bertz CT molecular complexity index is 932. The average molecular weight is 451 g/mol. The molecule has 0 aromatic heterocycles. The van der Waals surface area contributed by atoms with E-state index < -0.39 is 11.7 Å². The van der Waals surface area contributed by atoms with Gasteiger partial charge in [0.15, 0.2) is 0 Å². The quantitative estimate of drug-likeness (QED) is 0.671. The highest BCUT2D eigenvalue weighted by Gasteiger charge is 2.42. The lowest BCUT2D eigenvalue weighted by Crippen LogP contribution is -2.49. The number of likely N-dealkylation sites (tertiary alicyclic amines) is 1. The molecule has 1 heterocycles. The van der Waals surface area contributed by atoms with E-state index >= 15 is 0 Å². The highest BCUT2D eigenvalue weighted by atomic mass is 16.6. The van der Waals surface area contributed by atoms with Crippen molar-refractivity contribution in [3.8, 4) is 5.75 Å². The number of ether oxygens (including phenoxy) is 2. The van der Waals surface area contributed by atoms with Gasteiger partial charge >= 0.3 is 6.09 Å². The number of nitrogens with zero attached hydrogens (tertiary/aromatic N) is 1. The van der Waals surface area contributed by atoms with Gasteiger partial charge in [-0.25, -0.2) is 4.79 Å². The van der Waals surface area contributed by atoms with Gasteiger partial charge in [0.25, 0.3) is 0 Å². The van der Waals surface area contributed by atoms with Gasteiger partial charge in [-0.3, -0.25) is 4.79 Å². The summed E-state index contributed by atoms with van der Waals surface area (Å²) in [6.07, 6.45) is 6.26. The zero-order valence-electron chi connectivity index (χ0n) is 19.4. The van der Waals surface area contributed by atoms with E-state index in [4.69, 9.17) is 9.47 Å². The monoisotopic (exact) mass is 450 g/mol. The second-order valence-electron chi connectivity index (χ2n) is 9.08. The molecule has 176 valence electrons. The van der Waals surface area contributed by atoms with Crippen molar-refractivity contribution < 1.29 is 19.1 Å². The molecule has 0 spiro atoms. The number of piperidine rings is 1. The third-order valence-corrected chi connectivity index (χ3v) is 7.04. The molecule has 2 aromatic rings. The van der Waals surface area contributed by atoms with Crippen molar-refractivity contribution in [3.05, 3.63) is 65.7 Å². The van der Waals surface area contributed by atoms with Crippen LogP contribution in [0.15, 0.2) is 54.6 Å². The Balaban J connectivity index is 1.42. The van der Waals surface area contributed by atoms with Gasteiger partial charge in [0, 0.05) is 44.0 Å². The molecule has 33 heavy (non-hydrogen) atoms. The minimum Gasteiger partial charge on any atom is -0.496 e. The second-order valence-corrected chi connectivity index (χ2v) is 9.08. The van der Waals surface area contributed by atoms with Gasteiger partial charge < -0.3 is 19.7 Å². The topological polar surface area (TPSA) is 67.9 Å². The van der Waals surface area contributed by atoms with E-state index in [1.54, 1.807) is 7.11 Å². The van der Waals surface area contributed by atoms with Gasteiger partial charge in [-0.1, -0.05) is 67.8 Å². The smallest absolute Gasteiger partial charge is 0.408 e. The fourth-order valence-corrected chi connectivity index (χ4v) is 5.12. The van der Waals surface area contributed by atoms with Crippen LogP contribution in [0.4, 0.5) is 4.79 Å². The fraction of sp³-hybridized carbons (Fsp3) is 0.481. The van der Waals surface area contributed by atoms with Crippen LogP contribution in [0.2, 0.25) is 0 Å². The Morgan fingerprint density at radius 2 is 1.64 bits per heavy atom. The predicted molar refractivity (Wildman–Crippen MR) is 127 cm³/mol. The van der Waals surface area contributed by atoms with E-state index in [1.165, 1.54) is 6.42 Å². The number of amides is 2. The number of methoxy groups -OCH3 is 1. The van der Waals surface area contributed by atoms with E-state index in [0.29, 0.717) is 32.5 Å². The summed E-state index contributed by atoms with van der Waals surface area (Å²) in [5, 5.41) is 2.88. The molecule has 1 aliphatic heterocycles. The van der Waals surface area contributed by atoms with Crippen LogP contribution in [-0.4, -0.2) is 37.1 Å². The summed E-state index contributed by atoms with van der Waals surface area (Å²) in [6, 6.07) is 17.5. The highest BCUT2D eigenvalue weighted by molar-refractivity contribution is 5.79. The number of carbonyl (C=O) groups is 2. The normalized spacial score (nSPS) is 18.4. The van der Waals surface area contributed by atoms with Gasteiger partial charge in [0.2, 0.25) is 5.91 Å². The van der Waals surface area contributed by atoms with Crippen LogP contribution in [0.5, 0.6) is 5.75 Å². The first-order valence-electron chi connectivity index (χ1n) is 12.0. The van der Waals surface area contributed by atoms with Crippen LogP contribution in [0.3, 0.4) is 0 Å². The lowest BCUT2D eigenvalue weighted by atomic mass is 9.82. The molecule has 6 nitrogen and oxygen atoms in total. The van der Waals surface area contributed by atoms with Crippen molar-refractivity contribution in [2.75, 3.05) is 20.2 Å². The first-order valence-corrected chi connectivity index (χ1v) is 12.0. The van der Waals surface area contributed by atoms with Crippen LogP contribution < -0.4 is 10.1 Å². The molecule has 0 unspecified atom stereocenters. The summed E-state index contributed by atoms with van der Waals surface area (Å²) < 4.78 is 11.5. The molecule has 0 radical (unpaired) electrons. The van der Waals surface area contributed by atoms with Crippen molar-refractivity contribution in [3.63, 3.8) is 0 Å². The molecule has 4 rings (SSSR count). The number of carbonyl (C=O) groups excluding carboxylic acids is 2. The van der Waals surface area contributed by atoms with E-state index in [-0.39, 0.29) is 11.8 Å². The van der Waals surface area contributed by atoms with Crippen molar-refractivity contribution >= 4 is 12.0 Å². The van der Waals surface area contributed by atoms with Crippen LogP contribution in [-0.2, 0) is 21.7 Å². The summed E-state index contributed by atoms with van der Waals surface area (Å²) in [4.78, 5) is 27.9. The number of nitrogens with one attached hydrogen (secondary N) is 1. The predicted octanol–water partition coefficient (Wildman–Crippen LogP) is 5.02. The van der Waals surface area contributed by atoms with Gasteiger partial charge in [0.1, 0.15) is 11.4 Å². The van der Waals surface area contributed by atoms with Crippen LogP contribution in [0.25, 0.3) is 0 Å².